The van der Waals surface area contributed by atoms with E-state index in [1.807, 2.05) is 11.9 Å². The van der Waals surface area contributed by atoms with Crippen LogP contribution < -0.4 is 9.47 Å². The van der Waals surface area contributed by atoms with Gasteiger partial charge in [0.2, 0.25) is 0 Å². The topological polar surface area (TPSA) is 41.9 Å². The van der Waals surface area contributed by atoms with Crippen molar-refractivity contribution in [2.45, 2.75) is 32.6 Å². The summed E-state index contributed by atoms with van der Waals surface area (Å²) in [6, 6.07) is 4.73. The maximum absolute atomic E-state index is 12.4. The number of nitrogens with zero attached hydrogens (tertiary/aromatic N) is 1. The van der Waals surface area contributed by atoms with Crippen LogP contribution in [-0.4, -0.2) is 43.4 Å². The van der Waals surface area contributed by atoms with Gasteiger partial charge in [-0.25, -0.2) is 0 Å². The van der Waals surface area contributed by atoms with Crippen LogP contribution in [0.4, 0.5) is 8.78 Å². The zero-order valence-electron chi connectivity index (χ0n) is 12.0. The van der Waals surface area contributed by atoms with Crippen LogP contribution in [0.2, 0.25) is 0 Å². The Balaban J connectivity index is 2.78. The Morgan fingerprint density at radius 1 is 1.35 bits per heavy atom. The summed E-state index contributed by atoms with van der Waals surface area (Å²) in [4.78, 5) is 1.93. The number of ether oxygens (including phenoxy) is 2. The third-order valence-corrected chi connectivity index (χ3v) is 2.85. The summed E-state index contributed by atoms with van der Waals surface area (Å²) >= 11 is 0. The number of aliphatic hydroxyl groups excluding tert-OH is 1. The molecule has 1 rings (SSSR count). The fourth-order valence-corrected chi connectivity index (χ4v) is 1.79. The minimum atomic E-state index is -2.86. The molecule has 0 fully saturated rings. The van der Waals surface area contributed by atoms with Crippen molar-refractivity contribution < 1.29 is 23.4 Å². The second-order valence-electron chi connectivity index (χ2n) is 4.73. The summed E-state index contributed by atoms with van der Waals surface area (Å²) in [5.41, 5.74) is 0.623. The molecule has 0 bridgehead atoms. The van der Waals surface area contributed by atoms with Gasteiger partial charge in [0.1, 0.15) is 11.5 Å². The monoisotopic (exact) mass is 289 g/mol. The molecule has 0 heterocycles. The fourth-order valence-electron chi connectivity index (χ4n) is 1.79. The van der Waals surface area contributed by atoms with E-state index in [0.717, 1.165) is 0 Å². The Hall–Kier alpha value is -1.40. The molecule has 0 aromatic heterocycles. The van der Waals surface area contributed by atoms with Gasteiger partial charge in [-0.1, -0.05) is 0 Å². The predicted molar refractivity (Wildman–Crippen MR) is 72.3 cm³/mol. The van der Waals surface area contributed by atoms with Gasteiger partial charge < -0.3 is 19.5 Å². The van der Waals surface area contributed by atoms with Crippen LogP contribution in [-0.2, 0) is 6.54 Å². The van der Waals surface area contributed by atoms with Crippen LogP contribution in [0.25, 0.3) is 0 Å². The fraction of sp³-hybridized carbons (Fsp3) is 0.571. The van der Waals surface area contributed by atoms with Crippen molar-refractivity contribution in [2.24, 2.45) is 0 Å². The molecule has 0 radical (unpaired) electrons. The van der Waals surface area contributed by atoms with E-state index in [4.69, 9.17) is 4.74 Å². The van der Waals surface area contributed by atoms with Gasteiger partial charge in [0.15, 0.2) is 0 Å². The van der Waals surface area contributed by atoms with Crippen molar-refractivity contribution in [1.29, 1.82) is 0 Å². The Bertz CT molecular complexity index is 413. The molecular formula is C14H21F2NO3. The number of hydrogen-bond acceptors (Lipinski definition) is 4. The third kappa shape index (κ3) is 5.71. The van der Waals surface area contributed by atoms with E-state index in [2.05, 4.69) is 4.74 Å². The average Bonchev–Trinajstić information content (AvgIpc) is 2.38. The number of hydrogen-bond donors (Lipinski definition) is 1. The number of methoxy groups -OCH3 is 1. The molecule has 1 aromatic rings. The minimum Gasteiger partial charge on any atom is -0.497 e. The van der Waals surface area contributed by atoms with Gasteiger partial charge in [0, 0.05) is 18.7 Å². The molecule has 1 unspecified atom stereocenters. The number of benzene rings is 1. The Labute approximate surface area is 117 Å². The lowest BCUT2D eigenvalue weighted by molar-refractivity contribution is -0.0507. The molecule has 0 saturated heterocycles. The number of aliphatic hydroxyl groups is 1. The highest BCUT2D eigenvalue weighted by Gasteiger charge is 2.13. The molecule has 4 nitrogen and oxygen atoms in total. The normalized spacial score (nSPS) is 12.8. The number of alkyl halides is 2. The molecule has 0 spiro atoms. The van der Waals surface area contributed by atoms with Gasteiger partial charge in [-0.15, -0.1) is 0 Å². The van der Waals surface area contributed by atoms with E-state index >= 15 is 0 Å². The first kappa shape index (κ1) is 16.7. The average molecular weight is 289 g/mol. The van der Waals surface area contributed by atoms with Gasteiger partial charge in [-0.3, -0.25) is 0 Å². The maximum Gasteiger partial charge on any atom is 0.387 e. The molecule has 1 aromatic carbocycles. The molecule has 0 saturated carbocycles. The highest BCUT2D eigenvalue weighted by Crippen LogP contribution is 2.26. The van der Waals surface area contributed by atoms with Crippen LogP contribution in [0.5, 0.6) is 11.5 Å². The quantitative estimate of drug-likeness (QED) is 0.798. The molecule has 0 aliphatic rings. The van der Waals surface area contributed by atoms with Crippen LogP contribution in [0.3, 0.4) is 0 Å². The lowest BCUT2D eigenvalue weighted by atomic mass is 10.1. The molecule has 20 heavy (non-hydrogen) atoms. The van der Waals surface area contributed by atoms with Crippen LogP contribution in [0, 0.1) is 0 Å². The SMILES string of the molecule is COc1ccc(OC(F)F)c(CN(C)CCC(C)O)c1. The smallest absolute Gasteiger partial charge is 0.387 e. The van der Waals surface area contributed by atoms with Crippen molar-refractivity contribution in [1.82, 2.24) is 4.90 Å². The Morgan fingerprint density at radius 3 is 2.60 bits per heavy atom. The van der Waals surface area contributed by atoms with Crippen LogP contribution in [0.15, 0.2) is 18.2 Å². The molecule has 1 atom stereocenters. The Morgan fingerprint density at radius 2 is 2.05 bits per heavy atom. The molecular weight excluding hydrogens is 268 g/mol. The van der Waals surface area contributed by atoms with Gasteiger partial charge in [-0.2, -0.15) is 8.78 Å². The zero-order chi connectivity index (χ0) is 15.1. The van der Waals surface area contributed by atoms with Gasteiger partial charge in [-0.05, 0) is 38.6 Å². The zero-order valence-corrected chi connectivity index (χ0v) is 12.0. The van der Waals surface area contributed by atoms with Gasteiger partial charge >= 0.3 is 6.61 Å². The predicted octanol–water partition coefficient (Wildman–Crippen LogP) is 2.50. The van der Waals surface area contributed by atoms with E-state index in [0.29, 0.717) is 30.8 Å². The van der Waals surface area contributed by atoms with E-state index in [-0.39, 0.29) is 11.9 Å². The lowest BCUT2D eigenvalue weighted by Gasteiger charge is -2.20. The van der Waals surface area contributed by atoms with Gasteiger partial charge in [0.25, 0.3) is 0 Å². The van der Waals surface area contributed by atoms with Crippen molar-refractivity contribution >= 4 is 0 Å². The standard InChI is InChI=1S/C14H21F2NO3/c1-10(18)6-7-17(2)9-11-8-12(19-3)4-5-13(11)20-14(15)16/h4-5,8,10,14,18H,6-7,9H2,1-3H3. The first-order chi connectivity index (χ1) is 9.42. The molecule has 0 amide bonds. The van der Waals surface area contributed by atoms with E-state index < -0.39 is 6.61 Å². The van der Waals surface area contributed by atoms with Crippen molar-refractivity contribution in [2.75, 3.05) is 20.7 Å². The van der Waals surface area contributed by atoms with Gasteiger partial charge in [0.05, 0.1) is 13.2 Å². The molecule has 6 heteroatoms. The number of halogens is 2. The van der Waals surface area contributed by atoms with E-state index in [1.165, 1.54) is 13.2 Å². The second-order valence-corrected chi connectivity index (χ2v) is 4.73. The lowest BCUT2D eigenvalue weighted by Crippen LogP contribution is -2.22. The highest BCUT2D eigenvalue weighted by molar-refractivity contribution is 5.40. The molecule has 1 N–H and O–H groups in total. The first-order valence-electron chi connectivity index (χ1n) is 6.40. The maximum atomic E-state index is 12.4. The second kappa shape index (κ2) is 8.01. The van der Waals surface area contributed by atoms with Crippen LogP contribution >= 0.6 is 0 Å². The van der Waals surface area contributed by atoms with E-state index in [9.17, 15) is 13.9 Å². The first-order valence-corrected chi connectivity index (χ1v) is 6.40. The summed E-state index contributed by atoms with van der Waals surface area (Å²) in [6.45, 7) is -0.0513. The Kier molecular flexibility index (Phi) is 6.67. The third-order valence-electron chi connectivity index (χ3n) is 2.85. The molecule has 0 aliphatic carbocycles. The molecule has 114 valence electrons. The summed E-state index contributed by atoms with van der Waals surface area (Å²) < 4.78 is 34.3. The summed E-state index contributed by atoms with van der Waals surface area (Å²) in [7, 11) is 3.37. The largest absolute Gasteiger partial charge is 0.497 e. The minimum absolute atomic E-state index is 0.143. The van der Waals surface area contributed by atoms with Crippen molar-refractivity contribution in [3.05, 3.63) is 23.8 Å². The van der Waals surface area contributed by atoms with Crippen LogP contribution in [0.1, 0.15) is 18.9 Å². The van der Waals surface area contributed by atoms with E-state index in [1.54, 1.807) is 19.1 Å². The molecule has 0 aliphatic heterocycles. The van der Waals surface area contributed by atoms with Crippen molar-refractivity contribution in [3.8, 4) is 11.5 Å². The van der Waals surface area contributed by atoms with Crippen molar-refractivity contribution in [3.63, 3.8) is 0 Å². The summed E-state index contributed by atoms with van der Waals surface area (Å²) in [5, 5.41) is 9.25. The number of rotatable bonds is 8. The summed E-state index contributed by atoms with van der Waals surface area (Å²) in [6.07, 6.45) is 0.227. The highest BCUT2D eigenvalue weighted by atomic mass is 19.3. The summed E-state index contributed by atoms with van der Waals surface area (Å²) in [5.74, 6) is 0.732.